The third-order valence-electron chi connectivity index (χ3n) is 4.30. The average molecular weight is 442 g/mol. The smallest absolute Gasteiger partial charge is 0.415 e. The molecule has 27 heavy (non-hydrogen) atoms. The highest BCUT2D eigenvalue weighted by atomic mass is 79.9. The summed E-state index contributed by atoms with van der Waals surface area (Å²) in [6.45, 7) is 5.18. The van der Waals surface area contributed by atoms with Crippen molar-refractivity contribution in [3.05, 3.63) is 63.4 Å². The predicted octanol–water partition coefficient (Wildman–Crippen LogP) is 6.30. The number of rotatable bonds is 1. The Hall–Kier alpha value is -2.02. The number of carbonyl (C=O) groups is 1. The normalized spacial score (nSPS) is 16.9. The van der Waals surface area contributed by atoms with E-state index in [1.54, 1.807) is 32.9 Å². The van der Waals surface area contributed by atoms with E-state index in [-0.39, 0.29) is 10.2 Å². The fourth-order valence-corrected chi connectivity index (χ4v) is 3.83. The van der Waals surface area contributed by atoms with E-state index in [4.69, 9.17) is 4.74 Å². The quantitative estimate of drug-likeness (QED) is 0.486. The monoisotopic (exact) mass is 441 g/mol. The number of aryl methyl sites for hydroxylation is 1. The second kappa shape index (κ2) is 7.19. The number of fused-ring (bicyclic) bond motifs is 1. The Morgan fingerprint density at radius 2 is 1.81 bits per heavy atom. The van der Waals surface area contributed by atoms with Crippen molar-refractivity contribution in [2.45, 2.75) is 45.3 Å². The average Bonchev–Trinajstić information content (AvgIpc) is 2.58. The summed E-state index contributed by atoms with van der Waals surface area (Å²) in [7, 11) is 0. The van der Waals surface area contributed by atoms with Crippen LogP contribution in [0.15, 0.2) is 34.8 Å². The number of benzene rings is 2. The molecule has 1 heterocycles. The first-order valence-corrected chi connectivity index (χ1v) is 9.32. The summed E-state index contributed by atoms with van der Waals surface area (Å²) in [5.41, 5.74) is 0.658. The molecular formula is C20H19BrF3NO2. The molecule has 0 N–H and O–H groups in total. The standard InChI is InChI=1S/C20H19BrF3NO2/c1-20(2,3)27-19(26)25-15(11-4-7-13(22)8-5-11)9-6-12-10-14(23)17(24)16(21)18(12)25/h4-5,7-8,10,15H,6,9H2,1-3H3. The van der Waals surface area contributed by atoms with Gasteiger partial charge in [-0.2, -0.15) is 0 Å². The summed E-state index contributed by atoms with van der Waals surface area (Å²) in [5, 5.41) is 0. The van der Waals surface area contributed by atoms with Gasteiger partial charge >= 0.3 is 6.09 Å². The summed E-state index contributed by atoms with van der Waals surface area (Å²) in [4.78, 5) is 14.3. The summed E-state index contributed by atoms with van der Waals surface area (Å²) in [5.74, 6) is -2.44. The SMILES string of the molecule is CC(C)(C)OC(=O)N1c2c(cc(F)c(F)c2Br)CCC1c1ccc(F)cc1. The largest absolute Gasteiger partial charge is 0.443 e. The van der Waals surface area contributed by atoms with Crippen molar-refractivity contribution in [3.63, 3.8) is 0 Å². The Bertz CT molecular complexity index is 878. The van der Waals surface area contributed by atoms with Gasteiger partial charge < -0.3 is 4.74 Å². The molecule has 144 valence electrons. The van der Waals surface area contributed by atoms with Crippen LogP contribution in [0.2, 0.25) is 0 Å². The zero-order valence-corrected chi connectivity index (χ0v) is 16.7. The molecule has 0 bridgehead atoms. The van der Waals surface area contributed by atoms with E-state index in [0.29, 0.717) is 24.0 Å². The molecule has 1 atom stereocenters. The molecule has 1 aliphatic heterocycles. The van der Waals surface area contributed by atoms with Crippen LogP contribution in [0.4, 0.5) is 23.7 Å². The summed E-state index contributed by atoms with van der Waals surface area (Å²) in [6.07, 6.45) is 0.228. The van der Waals surface area contributed by atoms with E-state index < -0.39 is 35.2 Å². The van der Waals surface area contributed by atoms with Crippen LogP contribution in [-0.4, -0.2) is 11.7 Å². The van der Waals surface area contributed by atoms with Crippen molar-refractivity contribution in [2.75, 3.05) is 4.90 Å². The van der Waals surface area contributed by atoms with Gasteiger partial charge in [0.1, 0.15) is 11.4 Å². The third kappa shape index (κ3) is 3.98. The number of hydrogen-bond donors (Lipinski definition) is 0. The van der Waals surface area contributed by atoms with Crippen molar-refractivity contribution < 1.29 is 22.7 Å². The lowest BCUT2D eigenvalue weighted by Gasteiger charge is -2.39. The number of ether oxygens (including phenoxy) is 1. The van der Waals surface area contributed by atoms with Gasteiger partial charge in [-0.25, -0.2) is 18.0 Å². The molecule has 0 saturated carbocycles. The van der Waals surface area contributed by atoms with E-state index in [1.807, 2.05) is 0 Å². The fraction of sp³-hybridized carbons (Fsp3) is 0.350. The molecule has 0 fully saturated rings. The van der Waals surface area contributed by atoms with Gasteiger partial charge in [-0.3, -0.25) is 4.90 Å². The lowest BCUT2D eigenvalue weighted by molar-refractivity contribution is 0.0559. The van der Waals surface area contributed by atoms with Gasteiger partial charge in [0.25, 0.3) is 0 Å². The topological polar surface area (TPSA) is 29.5 Å². The minimum Gasteiger partial charge on any atom is -0.443 e. The van der Waals surface area contributed by atoms with Gasteiger partial charge in [0.15, 0.2) is 11.6 Å². The van der Waals surface area contributed by atoms with Gasteiger partial charge in [-0.1, -0.05) is 12.1 Å². The Morgan fingerprint density at radius 1 is 1.19 bits per heavy atom. The Balaban J connectivity index is 2.14. The number of anilines is 1. The van der Waals surface area contributed by atoms with Gasteiger partial charge in [-0.15, -0.1) is 0 Å². The molecule has 0 aliphatic carbocycles. The molecule has 0 radical (unpaired) electrons. The minimum absolute atomic E-state index is 0.129. The molecule has 0 saturated heterocycles. The molecule has 7 heteroatoms. The van der Waals surface area contributed by atoms with Crippen LogP contribution in [0.3, 0.4) is 0 Å². The van der Waals surface area contributed by atoms with Crippen molar-refractivity contribution in [1.82, 2.24) is 0 Å². The Kier molecular flexibility index (Phi) is 5.25. The van der Waals surface area contributed by atoms with Crippen molar-refractivity contribution in [1.29, 1.82) is 0 Å². The summed E-state index contributed by atoms with van der Waals surface area (Å²) < 4.78 is 46.8. The van der Waals surface area contributed by atoms with Crippen molar-refractivity contribution in [3.8, 4) is 0 Å². The van der Waals surface area contributed by atoms with Gasteiger partial charge in [0.05, 0.1) is 16.2 Å². The molecule has 2 aromatic carbocycles. The van der Waals surface area contributed by atoms with Crippen LogP contribution in [0.1, 0.15) is 44.4 Å². The second-order valence-electron chi connectivity index (χ2n) is 7.45. The Morgan fingerprint density at radius 3 is 2.41 bits per heavy atom. The first-order valence-electron chi connectivity index (χ1n) is 8.52. The first kappa shape index (κ1) is 19.7. The van der Waals surface area contributed by atoms with Gasteiger partial charge in [-0.05, 0) is 78.9 Å². The van der Waals surface area contributed by atoms with E-state index in [1.165, 1.54) is 17.0 Å². The predicted molar refractivity (Wildman–Crippen MR) is 100 cm³/mol. The zero-order chi connectivity index (χ0) is 19.9. The highest BCUT2D eigenvalue weighted by Gasteiger charge is 2.38. The summed E-state index contributed by atoms with van der Waals surface area (Å²) >= 11 is 3.09. The lowest BCUT2D eigenvalue weighted by atomic mass is 9.91. The van der Waals surface area contributed by atoms with Crippen molar-refractivity contribution >= 4 is 27.7 Å². The maximum absolute atomic E-state index is 14.2. The number of hydrogen-bond acceptors (Lipinski definition) is 2. The molecule has 3 nitrogen and oxygen atoms in total. The molecule has 0 aromatic heterocycles. The molecule has 1 unspecified atom stereocenters. The second-order valence-corrected chi connectivity index (χ2v) is 8.24. The van der Waals surface area contributed by atoms with Crippen LogP contribution in [0.25, 0.3) is 0 Å². The van der Waals surface area contributed by atoms with Crippen LogP contribution in [0, 0.1) is 17.5 Å². The van der Waals surface area contributed by atoms with E-state index in [9.17, 15) is 18.0 Å². The molecule has 0 spiro atoms. The highest BCUT2D eigenvalue weighted by molar-refractivity contribution is 9.10. The number of halogens is 4. The van der Waals surface area contributed by atoms with Crippen LogP contribution >= 0.6 is 15.9 Å². The van der Waals surface area contributed by atoms with Gasteiger partial charge in [0, 0.05) is 0 Å². The van der Waals surface area contributed by atoms with E-state index in [0.717, 1.165) is 6.07 Å². The molecular weight excluding hydrogens is 423 g/mol. The highest BCUT2D eigenvalue weighted by Crippen LogP contribution is 2.45. The summed E-state index contributed by atoms with van der Waals surface area (Å²) in [6, 6.07) is 6.38. The fourth-order valence-electron chi connectivity index (χ4n) is 3.19. The minimum atomic E-state index is -1.07. The van der Waals surface area contributed by atoms with E-state index >= 15 is 0 Å². The lowest BCUT2D eigenvalue weighted by Crippen LogP contribution is -2.42. The zero-order valence-electron chi connectivity index (χ0n) is 15.2. The number of carbonyl (C=O) groups excluding carboxylic acids is 1. The van der Waals surface area contributed by atoms with Gasteiger partial charge in [0.2, 0.25) is 0 Å². The first-order chi connectivity index (χ1) is 12.6. The number of nitrogens with zero attached hydrogens (tertiary/aromatic N) is 1. The van der Waals surface area contributed by atoms with Crippen molar-refractivity contribution in [2.24, 2.45) is 0 Å². The van der Waals surface area contributed by atoms with Crippen LogP contribution in [-0.2, 0) is 11.2 Å². The molecule has 1 amide bonds. The molecule has 3 rings (SSSR count). The molecule has 1 aliphatic rings. The third-order valence-corrected chi connectivity index (χ3v) is 5.02. The molecule has 2 aromatic rings. The maximum Gasteiger partial charge on any atom is 0.415 e. The van der Waals surface area contributed by atoms with Crippen LogP contribution < -0.4 is 4.90 Å². The van der Waals surface area contributed by atoms with Crippen LogP contribution in [0.5, 0.6) is 0 Å². The number of amides is 1. The maximum atomic E-state index is 14.2. The van der Waals surface area contributed by atoms with E-state index in [2.05, 4.69) is 15.9 Å². The Labute approximate surface area is 164 Å².